The van der Waals surface area contributed by atoms with Crippen molar-refractivity contribution >= 4 is 21.6 Å². The molecular weight excluding hydrogens is 312 g/mol. The van der Waals surface area contributed by atoms with Crippen LogP contribution < -0.4 is 0 Å². The molecule has 2 rings (SSSR count). The van der Waals surface area contributed by atoms with Gasteiger partial charge in [-0.3, -0.25) is 10.1 Å². The first-order valence-corrected chi connectivity index (χ1v) is 5.92. The minimum absolute atomic E-state index is 0.139. The first kappa shape index (κ1) is 14.7. The highest BCUT2D eigenvalue weighted by Crippen LogP contribution is 2.19. The first-order valence-electron chi connectivity index (χ1n) is 5.13. The van der Waals surface area contributed by atoms with E-state index in [4.69, 9.17) is 5.26 Å². The smallest absolute Gasteiger partial charge is 0.258 e. The molecule has 0 fully saturated rings. The van der Waals surface area contributed by atoms with Crippen molar-refractivity contribution < 1.29 is 4.92 Å². The molecule has 0 atom stereocenters. The van der Waals surface area contributed by atoms with Gasteiger partial charge in [-0.25, -0.2) is 9.97 Å². The Labute approximate surface area is 118 Å². The Hall–Kier alpha value is -2.33. The van der Waals surface area contributed by atoms with E-state index in [-0.39, 0.29) is 11.4 Å². The molecule has 0 aliphatic heterocycles. The molecule has 6 nitrogen and oxygen atoms in total. The minimum atomic E-state index is -0.596. The largest absolute Gasteiger partial charge is 0.308 e. The van der Waals surface area contributed by atoms with E-state index in [1.54, 1.807) is 19.2 Å². The van der Waals surface area contributed by atoms with Crippen LogP contribution in [-0.4, -0.2) is 14.9 Å². The Balaban J connectivity index is 0.000000218. The molecule has 0 radical (unpaired) electrons. The van der Waals surface area contributed by atoms with Gasteiger partial charge in [-0.2, -0.15) is 5.26 Å². The van der Waals surface area contributed by atoms with Crippen LogP contribution in [-0.2, 0) is 0 Å². The van der Waals surface area contributed by atoms with Crippen molar-refractivity contribution in [1.29, 1.82) is 5.26 Å². The Morgan fingerprint density at radius 2 is 2.05 bits per heavy atom. The standard InChI is InChI=1S/C7H5N3O2.C5H4BrN/c1-5-2-3-9-6(4-8)7(5)10(11)12;6-5-3-1-2-4-7-5/h2-3H,1H3;1-4H. The highest BCUT2D eigenvalue weighted by atomic mass is 79.9. The van der Waals surface area contributed by atoms with Gasteiger partial charge in [-0.05, 0) is 41.1 Å². The van der Waals surface area contributed by atoms with E-state index < -0.39 is 4.92 Å². The van der Waals surface area contributed by atoms with Crippen LogP contribution in [0.15, 0.2) is 41.3 Å². The maximum Gasteiger partial charge on any atom is 0.308 e. The van der Waals surface area contributed by atoms with Crippen molar-refractivity contribution in [3.63, 3.8) is 0 Å². The van der Waals surface area contributed by atoms with Crippen LogP contribution in [0.5, 0.6) is 0 Å². The molecule has 0 aliphatic carbocycles. The fourth-order valence-electron chi connectivity index (χ4n) is 1.20. The van der Waals surface area contributed by atoms with Gasteiger partial charge < -0.3 is 0 Å². The third kappa shape index (κ3) is 4.44. The number of aryl methyl sites for hydroxylation is 1. The van der Waals surface area contributed by atoms with Gasteiger partial charge in [-0.15, -0.1) is 0 Å². The van der Waals surface area contributed by atoms with E-state index in [1.165, 1.54) is 12.3 Å². The van der Waals surface area contributed by atoms with Gasteiger partial charge >= 0.3 is 5.69 Å². The monoisotopic (exact) mass is 320 g/mol. The molecule has 0 bridgehead atoms. The van der Waals surface area contributed by atoms with Crippen molar-refractivity contribution in [2.45, 2.75) is 6.92 Å². The second kappa shape index (κ2) is 7.18. The summed E-state index contributed by atoms with van der Waals surface area (Å²) in [6.45, 7) is 1.57. The lowest BCUT2D eigenvalue weighted by atomic mass is 10.2. The average Bonchev–Trinajstić information content (AvgIpc) is 2.39. The molecule has 2 heterocycles. The van der Waals surface area contributed by atoms with Gasteiger partial charge in [0.05, 0.1) is 4.92 Å². The van der Waals surface area contributed by atoms with Crippen LogP contribution in [0.2, 0.25) is 0 Å². The number of hydrogen-bond acceptors (Lipinski definition) is 5. The molecule has 96 valence electrons. The number of pyridine rings is 2. The summed E-state index contributed by atoms with van der Waals surface area (Å²) in [6, 6.07) is 8.86. The number of rotatable bonds is 1. The van der Waals surface area contributed by atoms with E-state index >= 15 is 0 Å². The van der Waals surface area contributed by atoms with E-state index in [9.17, 15) is 10.1 Å². The summed E-state index contributed by atoms with van der Waals surface area (Å²) in [5, 5.41) is 18.9. The summed E-state index contributed by atoms with van der Waals surface area (Å²) < 4.78 is 0.884. The van der Waals surface area contributed by atoms with Gasteiger partial charge in [0.1, 0.15) is 10.7 Å². The topological polar surface area (TPSA) is 92.7 Å². The summed E-state index contributed by atoms with van der Waals surface area (Å²) in [4.78, 5) is 17.3. The number of halogens is 1. The molecule has 0 spiro atoms. The molecule has 0 aromatic carbocycles. The third-order valence-electron chi connectivity index (χ3n) is 2.04. The van der Waals surface area contributed by atoms with Gasteiger partial charge in [0.15, 0.2) is 0 Å². The van der Waals surface area contributed by atoms with Crippen LogP contribution in [0.25, 0.3) is 0 Å². The predicted octanol–water partition coefficient (Wildman–Crippen LogP) is 3.01. The lowest BCUT2D eigenvalue weighted by Crippen LogP contribution is -1.97. The van der Waals surface area contributed by atoms with Crippen LogP contribution in [0.3, 0.4) is 0 Å². The van der Waals surface area contributed by atoms with Crippen molar-refractivity contribution in [2.75, 3.05) is 0 Å². The highest BCUT2D eigenvalue weighted by molar-refractivity contribution is 9.10. The normalized spacial score (nSPS) is 8.89. The second-order valence-corrected chi connectivity index (χ2v) is 4.16. The zero-order valence-corrected chi connectivity index (χ0v) is 11.5. The van der Waals surface area contributed by atoms with Crippen molar-refractivity contribution in [3.8, 4) is 6.07 Å². The number of aromatic nitrogens is 2. The molecule has 0 amide bonds. The van der Waals surface area contributed by atoms with Crippen molar-refractivity contribution in [2.24, 2.45) is 0 Å². The summed E-state index contributed by atoms with van der Waals surface area (Å²) in [5.41, 5.74) is 0.103. The Morgan fingerprint density at radius 3 is 2.42 bits per heavy atom. The van der Waals surface area contributed by atoms with Crippen LogP contribution in [0, 0.1) is 28.4 Å². The molecular formula is C12H9BrN4O2. The average molecular weight is 321 g/mol. The van der Waals surface area contributed by atoms with E-state index in [1.807, 2.05) is 18.2 Å². The molecule has 19 heavy (non-hydrogen) atoms. The first-order chi connectivity index (χ1) is 9.06. The highest BCUT2D eigenvalue weighted by Gasteiger charge is 2.17. The van der Waals surface area contributed by atoms with Gasteiger partial charge in [0.25, 0.3) is 0 Å². The second-order valence-electron chi connectivity index (χ2n) is 3.35. The SMILES string of the molecule is Brc1ccccn1.Cc1ccnc(C#N)c1[N+](=O)[O-]. The number of nitriles is 1. The van der Waals surface area contributed by atoms with E-state index in [2.05, 4.69) is 25.9 Å². The number of nitrogens with zero attached hydrogens (tertiary/aromatic N) is 4. The van der Waals surface area contributed by atoms with Gasteiger partial charge in [-0.1, -0.05) is 6.07 Å². The zero-order valence-electron chi connectivity index (χ0n) is 9.95. The molecule has 0 N–H and O–H groups in total. The fourth-order valence-corrected chi connectivity index (χ4v) is 1.48. The quantitative estimate of drug-likeness (QED) is 0.457. The molecule has 0 unspecified atom stereocenters. The molecule has 0 saturated carbocycles. The van der Waals surface area contributed by atoms with Gasteiger partial charge in [0, 0.05) is 18.0 Å². The summed E-state index contributed by atoms with van der Waals surface area (Å²) in [5.74, 6) is 0. The molecule has 2 aromatic rings. The van der Waals surface area contributed by atoms with Crippen LogP contribution >= 0.6 is 15.9 Å². The predicted molar refractivity (Wildman–Crippen MR) is 72.3 cm³/mol. The number of hydrogen-bond donors (Lipinski definition) is 0. The van der Waals surface area contributed by atoms with E-state index in [0.29, 0.717) is 5.56 Å². The third-order valence-corrected chi connectivity index (χ3v) is 2.51. The maximum absolute atomic E-state index is 10.4. The lowest BCUT2D eigenvalue weighted by Gasteiger charge is -1.95. The summed E-state index contributed by atoms with van der Waals surface area (Å²) in [7, 11) is 0. The van der Waals surface area contributed by atoms with E-state index in [0.717, 1.165) is 4.60 Å². The number of nitro groups is 1. The Morgan fingerprint density at radius 1 is 1.32 bits per heavy atom. The molecule has 0 saturated heterocycles. The Bertz CT molecular complexity index is 611. The zero-order chi connectivity index (χ0) is 14.3. The molecule has 2 aromatic heterocycles. The molecule has 0 aliphatic rings. The lowest BCUT2D eigenvalue weighted by molar-refractivity contribution is -0.386. The van der Waals surface area contributed by atoms with Crippen LogP contribution in [0.1, 0.15) is 11.3 Å². The summed E-state index contributed by atoms with van der Waals surface area (Å²) in [6.07, 6.45) is 3.12. The fraction of sp³-hybridized carbons (Fsp3) is 0.0833. The minimum Gasteiger partial charge on any atom is -0.258 e. The Kier molecular flexibility index (Phi) is 5.57. The van der Waals surface area contributed by atoms with Crippen molar-refractivity contribution in [3.05, 3.63) is 62.6 Å². The van der Waals surface area contributed by atoms with Crippen molar-refractivity contribution in [1.82, 2.24) is 9.97 Å². The summed E-state index contributed by atoms with van der Waals surface area (Å²) >= 11 is 3.20. The maximum atomic E-state index is 10.4. The van der Waals surface area contributed by atoms with Crippen LogP contribution in [0.4, 0.5) is 5.69 Å². The molecule has 7 heteroatoms. The van der Waals surface area contributed by atoms with Gasteiger partial charge in [0.2, 0.25) is 5.69 Å².